The molecule has 0 heterocycles. The molecule has 260 valence electrons. The van der Waals surface area contributed by atoms with Crippen molar-refractivity contribution in [3.8, 4) is 0 Å². The number of aryl methyl sites for hydroxylation is 2. The summed E-state index contributed by atoms with van der Waals surface area (Å²) in [6.07, 6.45) is 5.86. The first-order chi connectivity index (χ1) is 18.4. The van der Waals surface area contributed by atoms with Gasteiger partial charge in [0, 0.05) is 34.6 Å². The van der Waals surface area contributed by atoms with E-state index in [9.17, 15) is 37.1 Å². The topological polar surface area (TPSA) is 287 Å². The smallest absolute Gasteiger partial charge is 0.353 e. The number of hydrogen-bond acceptors (Lipinski definition) is 11. The lowest BCUT2D eigenvalue weighted by atomic mass is 10.0. The fourth-order valence-electron chi connectivity index (χ4n) is 2.78. The molecule has 0 fully saturated rings. The van der Waals surface area contributed by atoms with Gasteiger partial charge in [0.15, 0.2) is 0 Å². The van der Waals surface area contributed by atoms with Gasteiger partial charge in [-0.05, 0) is 55.5 Å². The zero-order valence-electron chi connectivity index (χ0n) is 21.7. The number of benzene rings is 2. The molecule has 0 amide bonds. The van der Waals surface area contributed by atoms with Gasteiger partial charge in [0.25, 0.3) is 11.4 Å². The number of nitro groups is 2. The summed E-state index contributed by atoms with van der Waals surface area (Å²) >= 11 is 0. The van der Waals surface area contributed by atoms with Crippen molar-refractivity contribution in [3.63, 3.8) is 0 Å². The molecule has 45 heavy (non-hydrogen) atoms. The molecule has 0 saturated heterocycles. The summed E-state index contributed by atoms with van der Waals surface area (Å²) in [7, 11) is -7.67. The van der Waals surface area contributed by atoms with Crippen molar-refractivity contribution >= 4 is 51.4 Å². The second kappa shape index (κ2) is 21.3. The highest BCUT2D eigenvalue weighted by atomic mass is 35.7. The molecular formula is C25H44ClN5O11S3. The number of sulfonamides is 2. The fourth-order valence-corrected chi connectivity index (χ4v) is 4.40. The number of nitrogen functional groups attached to an aromatic ring is 1. The van der Waals surface area contributed by atoms with Crippen LogP contribution >= 0.6 is 10.7 Å². The lowest BCUT2D eigenvalue weighted by Gasteiger charge is -2.04. The Kier molecular flexibility index (Phi) is 24.2. The fraction of sp³-hybridized carbons (Fsp3) is 0.360. The van der Waals surface area contributed by atoms with Crippen molar-refractivity contribution in [1.29, 1.82) is 0 Å². The number of non-ortho nitro benzene ring substituents is 1. The van der Waals surface area contributed by atoms with E-state index in [1.54, 1.807) is 31.2 Å². The number of hydrogen-bond donors (Lipinski definition) is 4. The molecule has 1 aliphatic carbocycles. The van der Waals surface area contributed by atoms with Crippen LogP contribution < -0.4 is 16.0 Å². The highest BCUT2D eigenvalue weighted by Crippen LogP contribution is 2.20. The Morgan fingerprint density at radius 1 is 0.822 bits per heavy atom. The van der Waals surface area contributed by atoms with E-state index < -0.39 is 34.3 Å². The Hall–Kier alpha value is -3.46. The van der Waals surface area contributed by atoms with E-state index >= 15 is 0 Å². The van der Waals surface area contributed by atoms with Gasteiger partial charge in [0.05, 0.1) is 19.6 Å². The first-order valence-corrected chi connectivity index (χ1v) is 16.2. The molecule has 0 saturated carbocycles. The number of halogens is 1. The minimum Gasteiger partial charge on any atom is -0.399 e. The lowest BCUT2D eigenvalue weighted by molar-refractivity contribution is -0.419. The van der Waals surface area contributed by atoms with E-state index in [2.05, 4.69) is 10.7 Å². The molecule has 16 nitrogen and oxygen atoms in total. The number of nitrogens with zero attached hydrogens (tertiary/aromatic N) is 2. The maximum Gasteiger partial charge on any atom is 0.353 e. The van der Waals surface area contributed by atoms with Gasteiger partial charge < -0.3 is 5.73 Å². The molecule has 2 aromatic carbocycles. The third-order valence-electron chi connectivity index (χ3n) is 4.71. The van der Waals surface area contributed by atoms with Crippen molar-refractivity contribution in [2.45, 2.75) is 66.7 Å². The van der Waals surface area contributed by atoms with Gasteiger partial charge in [-0.3, -0.25) is 24.8 Å². The third-order valence-corrected chi connectivity index (χ3v) is 6.82. The summed E-state index contributed by atoms with van der Waals surface area (Å²) in [5.41, 5.74) is 6.72. The Balaban J connectivity index is -0.000000160. The van der Waals surface area contributed by atoms with Crippen LogP contribution in [0.25, 0.3) is 0 Å². The highest BCUT2D eigenvalue weighted by Gasteiger charge is 2.16. The van der Waals surface area contributed by atoms with Crippen LogP contribution in [0.4, 0.5) is 11.4 Å². The second-order valence-electron chi connectivity index (χ2n) is 8.19. The average molecular weight is 722 g/mol. The Bertz CT molecular complexity index is 1650. The standard InChI is InChI=1S/C7H8N2O4S.C7H10N2O2S.C7H9NO2.4CH4.ClHO3S/c1-5-2-3-6(9(10)11)4-7(5)14(8,12)13;1-5-2-3-6(8)4-7(5)12(9,10)11;1-6-2-4-7(5-3-6)8(9)10;;;;;1-5(2,3)4/h2-4H,1H3,(H2,8,12,13);2-4H,8H2,1H3,(H2,9,10,11);2,4-6H,3H2,1H3;4*1H4;(H,2,3,4). The minimum absolute atomic E-state index is 0. The lowest BCUT2D eigenvalue weighted by Crippen LogP contribution is -2.13. The molecule has 1 unspecified atom stereocenters. The largest absolute Gasteiger partial charge is 0.399 e. The summed E-state index contributed by atoms with van der Waals surface area (Å²) < 4.78 is 69.0. The molecule has 1 atom stereocenters. The summed E-state index contributed by atoms with van der Waals surface area (Å²) in [6, 6.07) is 8.12. The van der Waals surface area contributed by atoms with Crippen LogP contribution in [-0.2, 0) is 29.4 Å². The van der Waals surface area contributed by atoms with Gasteiger partial charge in [0.2, 0.25) is 20.0 Å². The molecular weight excluding hydrogens is 678 g/mol. The molecule has 0 spiro atoms. The van der Waals surface area contributed by atoms with Crippen molar-refractivity contribution in [1.82, 2.24) is 0 Å². The number of anilines is 1. The van der Waals surface area contributed by atoms with Crippen LogP contribution in [0.2, 0.25) is 0 Å². The van der Waals surface area contributed by atoms with Gasteiger partial charge in [0.1, 0.15) is 0 Å². The zero-order valence-corrected chi connectivity index (χ0v) is 24.9. The maximum absolute atomic E-state index is 11.0. The van der Waals surface area contributed by atoms with Gasteiger partial charge in [-0.15, -0.1) is 0 Å². The molecule has 0 aliphatic heterocycles. The number of allylic oxidation sites excluding steroid dienone is 3. The normalized spacial score (nSPS) is 13.2. The summed E-state index contributed by atoms with van der Waals surface area (Å²) in [5.74, 6) is 0.448. The first-order valence-electron chi connectivity index (χ1n) is 10.8. The van der Waals surface area contributed by atoms with Crippen LogP contribution in [0, 0.1) is 40.0 Å². The van der Waals surface area contributed by atoms with Gasteiger partial charge in [-0.1, -0.05) is 54.8 Å². The van der Waals surface area contributed by atoms with Crippen LogP contribution in [-0.4, -0.2) is 39.7 Å². The van der Waals surface area contributed by atoms with Gasteiger partial charge in [-0.2, -0.15) is 8.42 Å². The van der Waals surface area contributed by atoms with Crippen LogP contribution in [0.15, 0.2) is 70.1 Å². The van der Waals surface area contributed by atoms with E-state index in [0.717, 1.165) is 12.5 Å². The summed E-state index contributed by atoms with van der Waals surface area (Å²) in [5, 5.41) is 30.3. The molecule has 7 N–H and O–H groups in total. The van der Waals surface area contributed by atoms with Crippen LogP contribution in [0.1, 0.15) is 54.2 Å². The summed E-state index contributed by atoms with van der Waals surface area (Å²) in [6.45, 7) is 5.21. The Morgan fingerprint density at radius 3 is 1.53 bits per heavy atom. The van der Waals surface area contributed by atoms with Crippen molar-refractivity contribution in [3.05, 3.63) is 91.7 Å². The molecule has 0 radical (unpaired) electrons. The Labute approximate surface area is 270 Å². The molecule has 1 aliphatic rings. The van der Waals surface area contributed by atoms with E-state index in [0.29, 0.717) is 22.7 Å². The van der Waals surface area contributed by atoms with E-state index in [1.807, 2.05) is 13.0 Å². The number of primary sulfonamides is 2. The zero-order chi connectivity index (χ0) is 32.3. The molecule has 0 bridgehead atoms. The summed E-state index contributed by atoms with van der Waals surface area (Å²) in [4.78, 5) is 19.3. The van der Waals surface area contributed by atoms with Crippen LogP contribution in [0.3, 0.4) is 0 Å². The molecule has 0 aromatic heterocycles. The molecule has 2 aromatic rings. The third kappa shape index (κ3) is 21.8. The van der Waals surface area contributed by atoms with Crippen molar-refractivity contribution < 1.29 is 39.7 Å². The van der Waals surface area contributed by atoms with Gasteiger partial charge in [-0.25, -0.2) is 27.1 Å². The van der Waals surface area contributed by atoms with Gasteiger partial charge >= 0.3 is 9.33 Å². The average Bonchev–Trinajstić information content (AvgIpc) is 2.79. The quantitative estimate of drug-likeness (QED) is 0.106. The first kappa shape index (κ1) is 51.1. The SMILES string of the molecule is C.C.C.C.CC1C=CC([N+](=O)[O-])=CC1.Cc1ccc(N)cc1S(N)(=O)=O.Cc1ccc([N+](=O)[O-])cc1S(N)(=O)=O.O=S(=O)(O)Cl. The predicted octanol–water partition coefficient (Wildman–Crippen LogP) is 5.09. The van der Waals surface area contributed by atoms with E-state index in [1.165, 1.54) is 25.1 Å². The molecule has 3 rings (SSSR count). The minimum atomic E-state index is -4.19. The number of nitrogens with two attached hydrogens (primary N) is 3. The molecule has 20 heteroatoms. The van der Waals surface area contributed by atoms with Crippen LogP contribution in [0.5, 0.6) is 0 Å². The van der Waals surface area contributed by atoms with E-state index in [4.69, 9.17) is 29.0 Å². The number of rotatable bonds is 4. The number of nitro benzene ring substituents is 1. The van der Waals surface area contributed by atoms with Crippen molar-refractivity contribution in [2.75, 3.05) is 5.73 Å². The van der Waals surface area contributed by atoms with Crippen molar-refractivity contribution in [2.24, 2.45) is 16.2 Å². The van der Waals surface area contributed by atoms with E-state index in [-0.39, 0.29) is 55.8 Å². The Morgan fingerprint density at radius 2 is 1.22 bits per heavy atom. The predicted molar refractivity (Wildman–Crippen MR) is 178 cm³/mol. The second-order valence-corrected chi connectivity index (χ2v) is 13.2. The highest BCUT2D eigenvalue weighted by molar-refractivity contribution is 8.09. The monoisotopic (exact) mass is 721 g/mol. The maximum atomic E-state index is 11.0.